The molecule has 2 rings (SSSR count). The van der Waals surface area contributed by atoms with Crippen LogP contribution in [0.25, 0.3) is 0 Å². The summed E-state index contributed by atoms with van der Waals surface area (Å²) in [6.45, 7) is 3.46. The number of aryl methyl sites for hydroxylation is 1. The molecule has 0 aromatic heterocycles. The van der Waals surface area contributed by atoms with Gasteiger partial charge < -0.3 is 4.90 Å². The minimum Gasteiger partial charge on any atom is -0.341 e. The Morgan fingerprint density at radius 1 is 1.30 bits per heavy atom. The second-order valence-electron chi connectivity index (χ2n) is 6.32. The predicted molar refractivity (Wildman–Crippen MR) is 91.5 cm³/mol. The number of sulfonamides is 1. The molecule has 0 spiro atoms. The average molecular weight is 338 g/mol. The number of piperidine rings is 1. The van der Waals surface area contributed by atoms with Gasteiger partial charge in [-0.25, -0.2) is 13.1 Å². The summed E-state index contributed by atoms with van der Waals surface area (Å²) in [5.41, 5.74) is 1.13. The number of hydrogen-bond donors (Lipinski definition) is 1. The maximum absolute atomic E-state index is 12.1. The first-order chi connectivity index (χ1) is 11.0. The van der Waals surface area contributed by atoms with Gasteiger partial charge in [-0.1, -0.05) is 37.3 Å². The minimum atomic E-state index is -3.40. The summed E-state index contributed by atoms with van der Waals surface area (Å²) in [6.07, 6.45) is 3.40. The zero-order valence-electron chi connectivity index (χ0n) is 13.7. The first-order valence-electron chi connectivity index (χ1n) is 8.25. The van der Waals surface area contributed by atoms with Gasteiger partial charge in [-0.2, -0.15) is 0 Å². The highest BCUT2D eigenvalue weighted by Gasteiger charge is 2.22. The summed E-state index contributed by atoms with van der Waals surface area (Å²) >= 11 is 0. The van der Waals surface area contributed by atoms with Crippen molar-refractivity contribution >= 4 is 15.9 Å². The number of benzene rings is 1. The van der Waals surface area contributed by atoms with Crippen molar-refractivity contribution in [2.24, 2.45) is 5.92 Å². The number of hydrogen-bond acceptors (Lipinski definition) is 3. The number of nitrogens with one attached hydrogen (secondary N) is 1. The lowest BCUT2D eigenvalue weighted by Gasteiger charge is -2.31. The molecule has 1 aromatic rings. The SMILES string of the molecule is CC1CCCN(C(=O)CNS(=O)(=O)CCCc2ccccc2)C1. The standard InChI is InChI=1S/C17H26N2O3S/c1-15-7-5-11-19(14-15)17(20)13-18-23(21,22)12-6-10-16-8-3-2-4-9-16/h2-4,8-9,15,18H,5-7,10-14H2,1H3. The first-order valence-corrected chi connectivity index (χ1v) is 9.90. The molecular formula is C17H26N2O3S. The second-order valence-corrected chi connectivity index (χ2v) is 8.24. The Morgan fingerprint density at radius 2 is 2.04 bits per heavy atom. The van der Waals surface area contributed by atoms with Gasteiger partial charge in [0.15, 0.2) is 0 Å². The number of rotatable bonds is 7. The van der Waals surface area contributed by atoms with Crippen molar-refractivity contribution in [2.75, 3.05) is 25.4 Å². The van der Waals surface area contributed by atoms with Gasteiger partial charge >= 0.3 is 0 Å². The van der Waals surface area contributed by atoms with E-state index in [-0.39, 0.29) is 18.2 Å². The molecule has 1 heterocycles. The smallest absolute Gasteiger partial charge is 0.237 e. The van der Waals surface area contributed by atoms with Crippen molar-refractivity contribution < 1.29 is 13.2 Å². The molecule has 1 fully saturated rings. The van der Waals surface area contributed by atoms with Crippen molar-refractivity contribution in [3.05, 3.63) is 35.9 Å². The van der Waals surface area contributed by atoms with Gasteiger partial charge in [-0.15, -0.1) is 0 Å². The van der Waals surface area contributed by atoms with E-state index in [1.165, 1.54) is 0 Å². The third kappa shape index (κ3) is 6.31. The van der Waals surface area contributed by atoms with Crippen molar-refractivity contribution in [1.29, 1.82) is 0 Å². The summed E-state index contributed by atoms with van der Waals surface area (Å²) in [7, 11) is -3.40. The van der Waals surface area contributed by atoms with Crippen LogP contribution in [0.4, 0.5) is 0 Å². The molecule has 1 aliphatic rings. The summed E-state index contributed by atoms with van der Waals surface area (Å²) < 4.78 is 26.4. The summed E-state index contributed by atoms with van der Waals surface area (Å²) in [5, 5.41) is 0. The van der Waals surface area contributed by atoms with Crippen LogP contribution in [0.2, 0.25) is 0 Å². The average Bonchev–Trinajstić information content (AvgIpc) is 2.53. The Balaban J connectivity index is 1.72. The molecule has 5 nitrogen and oxygen atoms in total. The van der Waals surface area contributed by atoms with Crippen molar-refractivity contribution in [3.8, 4) is 0 Å². The fraction of sp³-hybridized carbons (Fsp3) is 0.588. The molecule has 1 amide bonds. The zero-order chi connectivity index (χ0) is 16.7. The van der Waals surface area contributed by atoms with E-state index in [1.807, 2.05) is 30.3 Å². The van der Waals surface area contributed by atoms with Crippen LogP contribution in [-0.2, 0) is 21.2 Å². The fourth-order valence-corrected chi connectivity index (χ4v) is 3.89. The Morgan fingerprint density at radius 3 is 2.74 bits per heavy atom. The molecule has 1 unspecified atom stereocenters. The molecule has 128 valence electrons. The number of likely N-dealkylation sites (tertiary alicyclic amines) is 1. The highest BCUT2D eigenvalue weighted by Crippen LogP contribution is 2.15. The number of carbonyl (C=O) groups excluding carboxylic acids is 1. The molecule has 6 heteroatoms. The summed E-state index contributed by atoms with van der Waals surface area (Å²) in [4.78, 5) is 13.8. The molecule has 1 atom stereocenters. The van der Waals surface area contributed by atoms with Gasteiger partial charge in [0.2, 0.25) is 15.9 Å². The minimum absolute atomic E-state index is 0.0472. The van der Waals surface area contributed by atoms with Crippen LogP contribution in [0.1, 0.15) is 31.7 Å². The van der Waals surface area contributed by atoms with E-state index < -0.39 is 10.0 Å². The molecule has 1 aliphatic heterocycles. The summed E-state index contributed by atoms with van der Waals surface area (Å²) in [5.74, 6) is 0.421. The molecule has 0 bridgehead atoms. The van der Waals surface area contributed by atoms with Gasteiger partial charge in [-0.05, 0) is 37.2 Å². The van der Waals surface area contributed by atoms with Crippen molar-refractivity contribution in [3.63, 3.8) is 0 Å². The Labute approximate surface area is 139 Å². The summed E-state index contributed by atoms with van der Waals surface area (Å²) in [6, 6.07) is 9.80. The molecule has 1 saturated heterocycles. The van der Waals surface area contributed by atoms with Crippen LogP contribution in [0.15, 0.2) is 30.3 Å². The Bertz CT molecular complexity index is 602. The molecule has 23 heavy (non-hydrogen) atoms. The van der Waals surface area contributed by atoms with Gasteiger partial charge in [0.05, 0.1) is 12.3 Å². The lowest BCUT2D eigenvalue weighted by molar-refractivity contribution is -0.131. The molecule has 0 radical (unpaired) electrons. The number of amides is 1. The van der Waals surface area contributed by atoms with Gasteiger partial charge in [0.1, 0.15) is 0 Å². The normalized spacial score (nSPS) is 18.8. The second kappa shape index (κ2) is 8.45. The predicted octanol–water partition coefficient (Wildman–Crippen LogP) is 1.80. The maximum Gasteiger partial charge on any atom is 0.237 e. The van der Waals surface area contributed by atoms with Crippen LogP contribution in [0.3, 0.4) is 0 Å². The van der Waals surface area contributed by atoms with Crippen LogP contribution in [0, 0.1) is 5.92 Å². The van der Waals surface area contributed by atoms with Gasteiger partial charge in [-0.3, -0.25) is 4.79 Å². The van der Waals surface area contributed by atoms with E-state index in [9.17, 15) is 13.2 Å². The van der Waals surface area contributed by atoms with Crippen molar-refractivity contribution in [1.82, 2.24) is 9.62 Å². The molecule has 0 aliphatic carbocycles. The molecule has 1 aromatic carbocycles. The lowest BCUT2D eigenvalue weighted by Crippen LogP contribution is -2.44. The van der Waals surface area contributed by atoms with Crippen LogP contribution in [0.5, 0.6) is 0 Å². The Hall–Kier alpha value is -1.40. The van der Waals surface area contributed by atoms with E-state index in [2.05, 4.69) is 11.6 Å². The van der Waals surface area contributed by atoms with Gasteiger partial charge in [0, 0.05) is 13.1 Å². The fourth-order valence-electron chi connectivity index (χ4n) is 2.88. The van der Waals surface area contributed by atoms with E-state index in [1.54, 1.807) is 4.90 Å². The zero-order valence-corrected chi connectivity index (χ0v) is 14.5. The van der Waals surface area contributed by atoms with E-state index >= 15 is 0 Å². The monoisotopic (exact) mass is 338 g/mol. The number of carbonyl (C=O) groups is 1. The van der Waals surface area contributed by atoms with E-state index in [0.29, 0.717) is 12.3 Å². The topological polar surface area (TPSA) is 66.5 Å². The molecule has 1 N–H and O–H groups in total. The van der Waals surface area contributed by atoms with Gasteiger partial charge in [0.25, 0.3) is 0 Å². The van der Waals surface area contributed by atoms with Crippen LogP contribution >= 0.6 is 0 Å². The van der Waals surface area contributed by atoms with E-state index in [4.69, 9.17) is 0 Å². The van der Waals surface area contributed by atoms with Crippen LogP contribution < -0.4 is 4.72 Å². The highest BCUT2D eigenvalue weighted by atomic mass is 32.2. The third-order valence-electron chi connectivity index (χ3n) is 4.17. The van der Waals surface area contributed by atoms with Crippen molar-refractivity contribution in [2.45, 2.75) is 32.6 Å². The Kier molecular flexibility index (Phi) is 6.59. The maximum atomic E-state index is 12.1. The quantitative estimate of drug-likeness (QED) is 0.824. The van der Waals surface area contributed by atoms with Crippen LogP contribution in [-0.4, -0.2) is 44.6 Å². The number of nitrogens with zero attached hydrogens (tertiary/aromatic N) is 1. The highest BCUT2D eigenvalue weighted by molar-refractivity contribution is 7.89. The lowest BCUT2D eigenvalue weighted by atomic mass is 10.0. The molecular weight excluding hydrogens is 312 g/mol. The molecule has 0 saturated carbocycles. The largest absolute Gasteiger partial charge is 0.341 e. The first kappa shape index (κ1) is 17.9. The third-order valence-corrected chi connectivity index (χ3v) is 5.58. The van der Waals surface area contributed by atoms with E-state index in [0.717, 1.165) is 37.9 Å².